The Hall–Kier alpha value is -2.50. The van der Waals surface area contributed by atoms with Gasteiger partial charge in [-0.15, -0.1) is 0 Å². The van der Waals surface area contributed by atoms with E-state index in [0.29, 0.717) is 0 Å². The van der Waals surface area contributed by atoms with Crippen LogP contribution in [0.1, 0.15) is 37.6 Å². The summed E-state index contributed by atoms with van der Waals surface area (Å²) in [4.78, 5) is 6.99. The maximum absolute atomic E-state index is 4.69. The van der Waals surface area contributed by atoms with Gasteiger partial charge in [-0.25, -0.2) is 0 Å². The van der Waals surface area contributed by atoms with E-state index in [0.717, 1.165) is 63.6 Å². The molecule has 1 aromatic heterocycles. The highest BCUT2D eigenvalue weighted by Gasteiger charge is 2.02. The maximum atomic E-state index is 4.69. The van der Waals surface area contributed by atoms with Gasteiger partial charge in [0.1, 0.15) is 0 Å². The van der Waals surface area contributed by atoms with Crippen molar-refractivity contribution < 1.29 is 0 Å². The van der Waals surface area contributed by atoms with E-state index in [2.05, 4.69) is 87.6 Å². The van der Waals surface area contributed by atoms with Crippen molar-refractivity contribution in [2.45, 2.75) is 46.6 Å². The van der Waals surface area contributed by atoms with Gasteiger partial charge in [0.15, 0.2) is 5.96 Å². The third kappa shape index (κ3) is 7.62. The predicted octanol–water partition coefficient (Wildman–Crippen LogP) is 3.36. The SMILES string of the molecule is CCNC(=NCCCn1nc(C)cc1C)NCCCCN(C)c1ccccc1. The van der Waals surface area contributed by atoms with Crippen LogP contribution in [0.4, 0.5) is 5.69 Å². The number of para-hydroxylation sites is 1. The molecule has 0 bridgehead atoms. The fourth-order valence-electron chi connectivity index (χ4n) is 3.15. The second-order valence-electron chi connectivity index (χ2n) is 7.16. The molecule has 2 N–H and O–H groups in total. The van der Waals surface area contributed by atoms with Crippen molar-refractivity contribution in [2.75, 3.05) is 38.1 Å². The predicted molar refractivity (Wildman–Crippen MR) is 119 cm³/mol. The Kier molecular flexibility index (Phi) is 9.39. The smallest absolute Gasteiger partial charge is 0.191 e. The van der Waals surface area contributed by atoms with Crippen molar-refractivity contribution in [3.63, 3.8) is 0 Å². The standard InChI is InChI=1S/C22H36N6/c1-5-23-22(25-15-11-17-28-20(3)18-19(2)26-28)24-14-9-10-16-27(4)21-12-7-6-8-13-21/h6-8,12-13,18H,5,9-11,14-17H2,1-4H3,(H2,23,24,25). The number of aryl methyl sites for hydroxylation is 3. The molecule has 6 heteroatoms. The van der Waals surface area contributed by atoms with E-state index in [4.69, 9.17) is 0 Å². The minimum atomic E-state index is 0.796. The van der Waals surface area contributed by atoms with Crippen LogP contribution >= 0.6 is 0 Å². The zero-order chi connectivity index (χ0) is 20.2. The summed E-state index contributed by atoms with van der Waals surface area (Å²) in [5.74, 6) is 0.910. The van der Waals surface area contributed by atoms with Gasteiger partial charge < -0.3 is 15.5 Å². The third-order valence-corrected chi connectivity index (χ3v) is 4.66. The number of rotatable bonds is 11. The number of aromatic nitrogens is 2. The Labute approximate surface area is 170 Å². The van der Waals surface area contributed by atoms with Crippen LogP contribution in [-0.2, 0) is 6.54 Å². The summed E-state index contributed by atoms with van der Waals surface area (Å²) in [7, 11) is 2.15. The van der Waals surface area contributed by atoms with Gasteiger partial charge in [0.25, 0.3) is 0 Å². The first kappa shape index (κ1) is 21.8. The summed E-state index contributed by atoms with van der Waals surface area (Å²) >= 11 is 0. The molecule has 0 aliphatic heterocycles. The van der Waals surface area contributed by atoms with Gasteiger partial charge in [0.2, 0.25) is 0 Å². The van der Waals surface area contributed by atoms with E-state index in [1.54, 1.807) is 0 Å². The molecule has 0 spiro atoms. The Morgan fingerprint density at radius 1 is 1.11 bits per heavy atom. The number of hydrogen-bond donors (Lipinski definition) is 2. The molecule has 154 valence electrons. The van der Waals surface area contributed by atoms with Gasteiger partial charge in [0.05, 0.1) is 5.69 Å². The van der Waals surface area contributed by atoms with E-state index < -0.39 is 0 Å². The van der Waals surface area contributed by atoms with Crippen LogP contribution in [0.2, 0.25) is 0 Å². The highest BCUT2D eigenvalue weighted by molar-refractivity contribution is 5.79. The summed E-state index contributed by atoms with van der Waals surface area (Å²) in [6.07, 6.45) is 3.25. The van der Waals surface area contributed by atoms with Crippen LogP contribution in [0, 0.1) is 13.8 Å². The molecule has 0 amide bonds. The summed E-state index contributed by atoms with van der Waals surface area (Å²) in [5, 5.41) is 11.3. The van der Waals surface area contributed by atoms with Crippen molar-refractivity contribution in [1.82, 2.24) is 20.4 Å². The number of unbranched alkanes of at least 4 members (excludes halogenated alkanes) is 1. The zero-order valence-corrected chi connectivity index (χ0v) is 17.9. The molecule has 1 aromatic carbocycles. The number of benzene rings is 1. The molecule has 6 nitrogen and oxygen atoms in total. The number of guanidine groups is 1. The molecule has 0 aliphatic rings. The van der Waals surface area contributed by atoms with E-state index in [9.17, 15) is 0 Å². The molecule has 0 saturated carbocycles. The lowest BCUT2D eigenvalue weighted by molar-refractivity contribution is 0.566. The molecule has 2 rings (SSSR count). The lowest BCUT2D eigenvalue weighted by Gasteiger charge is -2.19. The minimum absolute atomic E-state index is 0.796. The molecule has 28 heavy (non-hydrogen) atoms. The highest BCUT2D eigenvalue weighted by Crippen LogP contribution is 2.11. The van der Waals surface area contributed by atoms with Crippen molar-refractivity contribution in [1.29, 1.82) is 0 Å². The molecular formula is C22H36N6. The van der Waals surface area contributed by atoms with Crippen molar-refractivity contribution in [2.24, 2.45) is 4.99 Å². The minimum Gasteiger partial charge on any atom is -0.375 e. The number of nitrogens with one attached hydrogen (secondary N) is 2. The van der Waals surface area contributed by atoms with Gasteiger partial charge in [-0.05, 0) is 58.2 Å². The van der Waals surface area contributed by atoms with Crippen LogP contribution in [0.3, 0.4) is 0 Å². The number of aliphatic imine (C=N–C) groups is 1. The normalized spacial score (nSPS) is 11.5. The molecule has 0 aliphatic carbocycles. The average Bonchev–Trinajstić information content (AvgIpc) is 3.02. The number of hydrogen-bond acceptors (Lipinski definition) is 3. The van der Waals surface area contributed by atoms with Gasteiger partial charge in [-0.1, -0.05) is 18.2 Å². The Morgan fingerprint density at radius 3 is 2.57 bits per heavy atom. The first-order valence-electron chi connectivity index (χ1n) is 10.4. The lowest BCUT2D eigenvalue weighted by Crippen LogP contribution is -2.38. The van der Waals surface area contributed by atoms with Crippen LogP contribution < -0.4 is 15.5 Å². The highest BCUT2D eigenvalue weighted by atomic mass is 15.3. The summed E-state index contributed by atoms with van der Waals surface area (Å²) in [5.41, 5.74) is 3.56. The summed E-state index contributed by atoms with van der Waals surface area (Å²) in [6.45, 7) is 10.8. The fraction of sp³-hybridized carbons (Fsp3) is 0.545. The van der Waals surface area contributed by atoms with Crippen LogP contribution in [-0.4, -0.2) is 49.0 Å². The fourth-order valence-corrected chi connectivity index (χ4v) is 3.15. The van der Waals surface area contributed by atoms with Crippen molar-refractivity contribution in [3.05, 3.63) is 47.8 Å². The van der Waals surface area contributed by atoms with Crippen molar-refractivity contribution in [3.8, 4) is 0 Å². The number of anilines is 1. The molecule has 2 aromatic rings. The Balaban J connectivity index is 1.64. The molecular weight excluding hydrogens is 348 g/mol. The molecule has 0 radical (unpaired) electrons. The Bertz CT molecular complexity index is 707. The Morgan fingerprint density at radius 2 is 1.89 bits per heavy atom. The molecule has 0 atom stereocenters. The first-order valence-corrected chi connectivity index (χ1v) is 10.4. The second-order valence-corrected chi connectivity index (χ2v) is 7.16. The lowest BCUT2D eigenvalue weighted by atomic mass is 10.2. The van der Waals surface area contributed by atoms with Gasteiger partial charge in [-0.2, -0.15) is 5.10 Å². The van der Waals surface area contributed by atoms with Crippen LogP contribution in [0.25, 0.3) is 0 Å². The van der Waals surface area contributed by atoms with Crippen LogP contribution in [0.15, 0.2) is 41.4 Å². The third-order valence-electron chi connectivity index (χ3n) is 4.66. The van der Waals surface area contributed by atoms with E-state index in [-0.39, 0.29) is 0 Å². The number of nitrogens with zero attached hydrogens (tertiary/aromatic N) is 4. The molecule has 0 saturated heterocycles. The summed E-state index contributed by atoms with van der Waals surface area (Å²) < 4.78 is 2.06. The quantitative estimate of drug-likeness (QED) is 0.354. The van der Waals surface area contributed by atoms with E-state index in [1.165, 1.54) is 11.4 Å². The van der Waals surface area contributed by atoms with Gasteiger partial charge in [0, 0.05) is 51.2 Å². The molecule has 0 unspecified atom stereocenters. The second kappa shape index (κ2) is 12.1. The van der Waals surface area contributed by atoms with Gasteiger partial charge in [-0.3, -0.25) is 9.67 Å². The molecule has 1 heterocycles. The monoisotopic (exact) mass is 384 g/mol. The van der Waals surface area contributed by atoms with Gasteiger partial charge >= 0.3 is 0 Å². The zero-order valence-electron chi connectivity index (χ0n) is 17.9. The van der Waals surface area contributed by atoms with E-state index >= 15 is 0 Å². The largest absolute Gasteiger partial charge is 0.375 e. The van der Waals surface area contributed by atoms with Crippen LogP contribution in [0.5, 0.6) is 0 Å². The average molecular weight is 385 g/mol. The maximum Gasteiger partial charge on any atom is 0.191 e. The van der Waals surface area contributed by atoms with E-state index in [1.807, 2.05) is 6.92 Å². The van der Waals surface area contributed by atoms with Crippen molar-refractivity contribution >= 4 is 11.6 Å². The topological polar surface area (TPSA) is 57.5 Å². The first-order chi connectivity index (χ1) is 13.6. The molecule has 0 fully saturated rings. The summed E-state index contributed by atoms with van der Waals surface area (Å²) in [6, 6.07) is 12.6.